The molecule has 0 aromatic heterocycles. The number of carbonyl (C=O) groups excluding carboxylic acids is 1. The highest BCUT2D eigenvalue weighted by Crippen LogP contribution is 2.18. The molecule has 0 aliphatic carbocycles. The smallest absolute Gasteiger partial charge is 0.341 e. The second-order valence-corrected chi connectivity index (χ2v) is 5.48. The fraction of sp³-hybridized carbons (Fsp3) is 0.263. The van der Waals surface area contributed by atoms with Gasteiger partial charge in [0, 0.05) is 6.54 Å². The molecule has 0 fully saturated rings. The zero-order chi connectivity index (χ0) is 18.9. The summed E-state index contributed by atoms with van der Waals surface area (Å²) >= 11 is 0. The second-order valence-electron chi connectivity index (χ2n) is 5.48. The van der Waals surface area contributed by atoms with E-state index in [0.717, 1.165) is 5.56 Å². The largest absolute Gasteiger partial charge is 0.497 e. The Kier molecular flexibility index (Phi) is 6.84. The number of amides is 1. The monoisotopic (exact) mass is 359 g/mol. The van der Waals surface area contributed by atoms with E-state index in [-0.39, 0.29) is 12.5 Å². The lowest BCUT2D eigenvalue weighted by Crippen LogP contribution is -2.35. The summed E-state index contributed by atoms with van der Waals surface area (Å²) in [5.41, 5.74) is 0.790. The molecule has 26 heavy (non-hydrogen) atoms. The molecule has 2 aromatic rings. The maximum atomic E-state index is 12.2. The second kappa shape index (κ2) is 9.31. The lowest BCUT2D eigenvalue weighted by atomic mass is 10.2. The van der Waals surface area contributed by atoms with E-state index < -0.39 is 18.7 Å². The fourth-order valence-electron chi connectivity index (χ4n) is 2.14. The van der Waals surface area contributed by atoms with Crippen LogP contribution in [0.3, 0.4) is 0 Å². The number of benzene rings is 2. The highest BCUT2D eigenvalue weighted by Gasteiger charge is 2.14. The first-order valence-electron chi connectivity index (χ1n) is 8.00. The summed E-state index contributed by atoms with van der Waals surface area (Å²) in [6, 6.07) is 13.8. The topological polar surface area (TPSA) is 94.1 Å². The highest BCUT2D eigenvalue weighted by atomic mass is 16.5. The maximum Gasteiger partial charge on any atom is 0.341 e. The van der Waals surface area contributed by atoms with Gasteiger partial charge in [-0.25, -0.2) is 4.79 Å². The van der Waals surface area contributed by atoms with E-state index in [1.807, 2.05) is 6.07 Å². The predicted molar refractivity (Wildman–Crippen MR) is 94.5 cm³/mol. The van der Waals surface area contributed by atoms with Crippen molar-refractivity contribution in [3.05, 3.63) is 54.1 Å². The van der Waals surface area contributed by atoms with E-state index in [0.29, 0.717) is 17.2 Å². The molecule has 7 heteroatoms. The molecule has 0 aliphatic heterocycles. The van der Waals surface area contributed by atoms with Crippen LogP contribution < -0.4 is 19.5 Å². The first-order chi connectivity index (χ1) is 12.5. The standard InChI is InChI=1S/C19H21NO6/c1-13(26-16-8-6-15(24-2)7-9-16)19(23)20-11-14-4-3-5-17(10-14)25-12-18(21)22/h3-10,13H,11-12H2,1-2H3,(H,20,23)(H,21,22). The minimum Gasteiger partial charge on any atom is -0.497 e. The zero-order valence-corrected chi connectivity index (χ0v) is 14.6. The molecule has 0 heterocycles. The normalized spacial score (nSPS) is 11.3. The van der Waals surface area contributed by atoms with Gasteiger partial charge in [0.05, 0.1) is 7.11 Å². The quantitative estimate of drug-likeness (QED) is 0.713. The molecule has 0 bridgehead atoms. The number of methoxy groups -OCH3 is 1. The molecular formula is C19H21NO6. The summed E-state index contributed by atoms with van der Waals surface area (Å²) in [7, 11) is 1.58. The molecule has 0 saturated carbocycles. The Morgan fingerprint density at radius 1 is 1.08 bits per heavy atom. The molecule has 1 unspecified atom stereocenters. The van der Waals surface area contributed by atoms with Gasteiger partial charge in [-0.2, -0.15) is 0 Å². The minimum atomic E-state index is -1.05. The van der Waals surface area contributed by atoms with Gasteiger partial charge >= 0.3 is 5.97 Å². The number of nitrogens with one attached hydrogen (secondary N) is 1. The number of rotatable bonds is 9. The Balaban J connectivity index is 1.85. The Morgan fingerprint density at radius 3 is 2.42 bits per heavy atom. The third-order valence-corrected chi connectivity index (χ3v) is 3.47. The number of aliphatic carboxylic acids is 1. The van der Waals surface area contributed by atoms with Crippen molar-refractivity contribution in [3.63, 3.8) is 0 Å². The minimum absolute atomic E-state index is 0.266. The van der Waals surface area contributed by atoms with Crippen LogP contribution in [-0.4, -0.2) is 36.8 Å². The van der Waals surface area contributed by atoms with Crippen LogP contribution >= 0.6 is 0 Å². The summed E-state index contributed by atoms with van der Waals surface area (Å²) in [6.45, 7) is 1.52. The van der Waals surface area contributed by atoms with Gasteiger partial charge < -0.3 is 24.6 Å². The van der Waals surface area contributed by atoms with Crippen molar-refractivity contribution in [2.75, 3.05) is 13.7 Å². The first kappa shape index (κ1) is 19.1. The van der Waals surface area contributed by atoms with Gasteiger partial charge in [-0.3, -0.25) is 4.79 Å². The molecule has 1 amide bonds. The van der Waals surface area contributed by atoms with E-state index in [2.05, 4.69) is 5.32 Å². The number of hydrogen-bond acceptors (Lipinski definition) is 5. The van der Waals surface area contributed by atoms with Crippen LogP contribution in [0.4, 0.5) is 0 Å². The Morgan fingerprint density at radius 2 is 1.77 bits per heavy atom. The highest BCUT2D eigenvalue weighted by molar-refractivity contribution is 5.80. The van der Waals surface area contributed by atoms with Gasteiger partial charge in [-0.05, 0) is 48.9 Å². The van der Waals surface area contributed by atoms with Gasteiger partial charge in [0.1, 0.15) is 17.2 Å². The summed E-state index contributed by atoms with van der Waals surface area (Å²) in [6.07, 6.45) is -0.671. The molecule has 2 rings (SSSR count). The summed E-state index contributed by atoms with van der Waals surface area (Å²) in [5, 5.41) is 11.4. The predicted octanol–water partition coefficient (Wildman–Crippen LogP) is 2.24. The van der Waals surface area contributed by atoms with Crippen molar-refractivity contribution in [3.8, 4) is 17.2 Å². The number of carboxylic acids is 1. The number of hydrogen-bond donors (Lipinski definition) is 2. The molecule has 2 N–H and O–H groups in total. The Bertz CT molecular complexity index is 744. The Labute approximate surface area is 151 Å². The zero-order valence-electron chi connectivity index (χ0n) is 14.6. The average molecular weight is 359 g/mol. The number of ether oxygens (including phenoxy) is 3. The van der Waals surface area contributed by atoms with Crippen molar-refractivity contribution in [2.24, 2.45) is 0 Å². The van der Waals surface area contributed by atoms with E-state index in [1.165, 1.54) is 0 Å². The molecule has 0 radical (unpaired) electrons. The van der Waals surface area contributed by atoms with Crippen LogP contribution in [0.25, 0.3) is 0 Å². The molecule has 2 aromatic carbocycles. The van der Waals surface area contributed by atoms with Gasteiger partial charge in [0.25, 0.3) is 5.91 Å². The molecule has 0 saturated heterocycles. The fourth-order valence-corrected chi connectivity index (χ4v) is 2.14. The van der Waals surface area contributed by atoms with Crippen LogP contribution in [0.15, 0.2) is 48.5 Å². The van der Waals surface area contributed by atoms with Crippen LogP contribution in [0.1, 0.15) is 12.5 Å². The lowest BCUT2D eigenvalue weighted by Gasteiger charge is -2.15. The van der Waals surface area contributed by atoms with E-state index in [4.69, 9.17) is 19.3 Å². The van der Waals surface area contributed by atoms with Gasteiger partial charge in [0.15, 0.2) is 12.7 Å². The van der Waals surface area contributed by atoms with Crippen LogP contribution in [-0.2, 0) is 16.1 Å². The summed E-state index contributed by atoms with van der Waals surface area (Å²) in [4.78, 5) is 22.7. The summed E-state index contributed by atoms with van der Waals surface area (Å²) < 4.78 is 15.8. The molecule has 1 atom stereocenters. The van der Waals surface area contributed by atoms with Crippen molar-refractivity contribution in [1.82, 2.24) is 5.32 Å². The van der Waals surface area contributed by atoms with Crippen LogP contribution in [0.5, 0.6) is 17.2 Å². The third kappa shape index (κ3) is 6.01. The Hall–Kier alpha value is -3.22. The van der Waals surface area contributed by atoms with E-state index in [1.54, 1.807) is 56.5 Å². The van der Waals surface area contributed by atoms with Crippen molar-refractivity contribution < 1.29 is 28.9 Å². The SMILES string of the molecule is COc1ccc(OC(C)C(=O)NCc2cccc(OCC(=O)O)c2)cc1. The molecule has 7 nitrogen and oxygen atoms in total. The van der Waals surface area contributed by atoms with Crippen LogP contribution in [0, 0.1) is 0 Å². The van der Waals surface area contributed by atoms with Gasteiger partial charge in [-0.15, -0.1) is 0 Å². The first-order valence-corrected chi connectivity index (χ1v) is 8.00. The molecule has 138 valence electrons. The van der Waals surface area contributed by atoms with Gasteiger partial charge in [0.2, 0.25) is 0 Å². The molecular weight excluding hydrogens is 338 g/mol. The van der Waals surface area contributed by atoms with Gasteiger partial charge in [-0.1, -0.05) is 12.1 Å². The van der Waals surface area contributed by atoms with E-state index in [9.17, 15) is 9.59 Å². The number of carboxylic acid groups (broad SMARTS) is 1. The molecule has 0 spiro atoms. The lowest BCUT2D eigenvalue weighted by molar-refractivity contribution is -0.139. The van der Waals surface area contributed by atoms with Crippen molar-refractivity contribution >= 4 is 11.9 Å². The van der Waals surface area contributed by atoms with Crippen LogP contribution in [0.2, 0.25) is 0 Å². The number of carbonyl (C=O) groups is 2. The molecule has 0 aliphatic rings. The maximum absolute atomic E-state index is 12.2. The third-order valence-electron chi connectivity index (χ3n) is 3.47. The van der Waals surface area contributed by atoms with Crippen molar-refractivity contribution in [2.45, 2.75) is 19.6 Å². The summed E-state index contributed by atoms with van der Waals surface area (Å²) in [5.74, 6) is 0.393. The van der Waals surface area contributed by atoms with Crippen molar-refractivity contribution in [1.29, 1.82) is 0 Å². The van der Waals surface area contributed by atoms with E-state index >= 15 is 0 Å². The average Bonchev–Trinajstić information content (AvgIpc) is 2.65.